The van der Waals surface area contributed by atoms with Crippen molar-refractivity contribution in [2.75, 3.05) is 0 Å². The standard InChI is InChI=1S/C50H30N2O/c1-2-13-32(14-3-1)47-49-48(46-38-19-5-4-12-31(38)25-27-45(46)53-49)52-50(51-47)37-18-11-17-35(29-37)33-15-10-16-34(28-33)36-24-26-43-41-22-7-6-20-39(41)40-21-8-9-23-42(40)44(43)30-36/h1-30H. The topological polar surface area (TPSA) is 38.9 Å². The van der Waals surface area contributed by atoms with Gasteiger partial charge >= 0.3 is 0 Å². The second-order valence-corrected chi connectivity index (χ2v) is 13.7. The van der Waals surface area contributed by atoms with Crippen LogP contribution in [0.4, 0.5) is 0 Å². The second-order valence-electron chi connectivity index (χ2n) is 13.7. The van der Waals surface area contributed by atoms with Gasteiger partial charge in [0.1, 0.15) is 16.8 Å². The Labute approximate surface area is 305 Å². The zero-order chi connectivity index (χ0) is 34.9. The average Bonchev–Trinajstić information content (AvgIpc) is 3.63. The lowest BCUT2D eigenvalue weighted by Crippen LogP contribution is -1.94. The molecular weight excluding hydrogens is 645 g/mol. The van der Waals surface area contributed by atoms with Crippen molar-refractivity contribution in [1.29, 1.82) is 0 Å². The molecule has 9 aromatic carbocycles. The summed E-state index contributed by atoms with van der Waals surface area (Å²) in [6.45, 7) is 0. The molecule has 0 saturated carbocycles. The van der Waals surface area contributed by atoms with E-state index in [0.717, 1.165) is 55.2 Å². The number of nitrogens with zero attached hydrogens (tertiary/aromatic N) is 2. The number of hydrogen-bond acceptors (Lipinski definition) is 3. The second kappa shape index (κ2) is 11.7. The first kappa shape index (κ1) is 29.6. The first-order chi connectivity index (χ1) is 26.3. The van der Waals surface area contributed by atoms with Crippen molar-refractivity contribution in [2.24, 2.45) is 0 Å². The zero-order valence-electron chi connectivity index (χ0n) is 28.6. The zero-order valence-corrected chi connectivity index (χ0v) is 28.6. The van der Waals surface area contributed by atoms with Crippen LogP contribution in [0.25, 0.3) is 110 Å². The van der Waals surface area contributed by atoms with Gasteiger partial charge in [0.2, 0.25) is 0 Å². The molecule has 2 aromatic heterocycles. The molecule has 0 atom stereocenters. The van der Waals surface area contributed by atoms with Gasteiger partial charge < -0.3 is 4.42 Å². The van der Waals surface area contributed by atoms with Gasteiger partial charge in [-0.1, -0.05) is 158 Å². The van der Waals surface area contributed by atoms with Gasteiger partial charge in [0.15, 0.2) is 11.4 Å². The molecule has 0 fully saturated rings. The molecule has 0 saturated heterocycles. The third kappa shape index (κ3) is 4.75. The Hall–Kier alpha value is -7.10. The van der Waals surface area contributed by atoms with Crippen LogP contribution in [0.5, 0.6) is 0 Å². The first-order valence-electron chi connectivity index (χ1n) is 18.0. The fourth-order valence-electron chi connectivity index (χ4n) is 8.13. The minimum atomic E-state index is 0.665. The van der Waals surface area contributed by atoms with Gasteiger partial charge in [-0.2, -0.15) is 0 Å². The summed E-state index contributed by atoms with van der Waals surface area (Å²) in [5, 5.41) is 11.0. The third-order valence-corrected chi connectivity index (χ3v) is 10.6. The van der Waals surface area contributed by atoms with E-state index in [0.29, 0.717) is 11.4 Å². The molecule has 53 heavy (non-hydrogen) atoms. The van der Waals surface area contributed by atoms with E-state index in [1.807, 2.05) is 24.3 Å². The van der Waals surface area contributed by atoms with Crippen LogP contribution >= 0.6 is 0 Å². The molecule has 11 aromatic rings. The highest BCUT2D eigenvalue weighted by molar-refractivity contribution is 6.26. The lowest BCUT2D eigenvalue weighted by Gasteiger charge is -2.13. The fourth-order valence-corrected chi connectivity index (χ4v) is 8.13. The van der Waals surface area contributed by atoms with Gasteiger partial charge in [0.05, 0.1) is 5.39 Å². The smallest absolute Gasteiger partial charge is 0.180 e. The molecule has 3 nitrogen and oxygen atoms in total. The van der Waals surface area contributed by atoms with E-state index >= 15 is 0 Å². The Morgan fingerprint density at radius 3 is 1.57 bits per heavy atom. The maximum Gasteiger partial charge on any atom is 0.180 e. The van der Waals surface area contributed by atoms with Crippen molar-refractivity contribution in [3.63, 3.8) is 0 Å². The van der Waals surface area contributed by atoms with Crippen LogP contribution in [0.15, 0.2) is 186 Å². The van der Waals surface area contributed by atoms with Crippen LogP contribution in [0.3, 0.4) is 0 Å². The highest BCUT2D eigenvalue weighted by atomic mass is 16.3. The molecule has 0 radical (unpaired) electrons. The number of furan rings is 1. The van der Waals surface area contributed by atoms with Crippen LogP contribution in [0.2, 0.25) is 0 Å². The Bertz CT molecular complexity index is 3200. The summed E-state index contributed by atoms with van der Waals surface area (Å²) in [6, 6.07) is 64.6. The predicted molar refractivity (Wildman–Crippen MR) is 221 cm³/mol. The highest BCUT2D eigenvalue weighted by Crippen LogP contribution is 2.40. The summed E-state index contributed by atoms with van der Waals surface area (Å²) >= 11 is 0. The fraction of sp³-hybridized carbons (Fsp3) is 0. The Morgan fingerprint density at radius 2 is 0.868 bits per heavy atom. The molecule has 0 unspecified atom stereocenters. The summed E-state index contributed by atoms with van der Waals surface area (Å²) in [5.74, 6) is 0.665. The molecule has 0 amide bonds. The number of rotatable bonds is 4. The summed E-state index contributed by atoms with van der Waals surface area (Å²) in [7, 11) is 0. The van der Waals surface area contributed by atoms with Crippen LogP contribution < -0.4 is 0 Å². The molecule has 0 bridgehead atoms. The van der Waals surface area contributed by atoms with Gasteiger partial charge in [-0.3, -0.25) is 0 Å². The predicted octanol–water partition coefficient (Wildman–Crippen LogP) is 13.7. The molecule has 0 N–H and O–H groups in total. The van der Waals surface area contributed by atoms with Gasteiger partial charge in [-0.25, -0.2) is 9.97 Å². The van der Waals surface area contributed by atoms with Crippen molar-refractivity contribution in [1.82, 2.24) is 9.97 Å². The molecule has 3 heteroatoms. The molecule has 11 rings (SSSR count). The van der Waals surface area contributed by atoms with E-state index < -0.39 is 0 Å². The van der Waals surface area contributed by atoms with E-state index in [4.69, 9.17) is 14.4 Å². The lowest BCUT2D eigenvalue weighted by molar-refractivity contribution is 0.667. The van der Waals surface area contributed by atoms with E-state index in [1.54, 1.807) is 0 Å². The number of benzene rings is 9. The molecule has 0 aliphatic heterocycles. The van der Waals surface area contributed by atoms with E-state index in [-0.39, 0.29) is 0 Å². The van der Waals surface area contributed by atoms with Crippen molar-refractivity contribution in [3.05, 3.63) is 182 Å². The van der Waals surface area contributed by atoms with Crippen molar-refractivity contribution in [2.45, 2.75) is 0 Å². The first-order valence-corrected chi connectivity index (χ1v) is 18.0. The van der Waals surface area contributed by atoms with E-state index in [9.17, 15) is 0 Å². The van der Waals surface area contributed by atoms with E-state index in [2.05, 4.69) is 158 Å². The Balaban J connectivity index is 1.06. The Morgan fingerprint density at radius 1 is 0.340 bits per heavy atom. The average molecular weight is 675 g/mol. The van der Waals surface area contributed by atoms with Crippen LogP contribution in [0, 0.1) is 0 Å². The van der Waals surface area contributed by atoms with Gasteiger partial charge in [-0.15, -0.1) is 0 Å². The molecule has 246 valence electrons. The maximum absolute atomic E-state index is 6.53. The lowest BCUT2D eigenvalue weighted by atomic mass is 9.91. The summed E-state index contributed by atoms with van der Waals surface area (Å²) in [5.41, 5.74) is 9.67. The number of fused-ring (bicyclic) bond motifs is 11. The quantitative estimate of drug-likeness (QED) is 0.174. The van der Waals surface area contributed by atoms with Crippen molar-refractivity contribution in [3.8, 4) is 44.9 Å². The SMILES string of the molecule is c1ccc(-c2nc(-c3cccc(-c4cccc(-c5ccc6c7ccccc7c7ccccc7c6c5)c4)c3)nc3c2oc2ccc4ccccc4c23)cc1. The summed E-state index contributed by atoms with van der Waals surface area (Å²) in [6.07, 6.45) is 0. The molecule has 0 spiro atoms. The molecule has 2 heterocycles. The monoisotopic (exact) mass is 674 g/mol. The van der Waals surface area contributed by atoms with Gasteiger partial charge in [0, 0.05) is 11.1 Å². The van der Waals surface area contributed by atoms with Crippen LogP contribution in [-0.2, 0) is 0 Å². The molecular formula is C50H30N2O. The minimum Gasteiger partial charge on any atom is -0.452 e. The normalized spacial score (nSPS) is 11.8. The van der Waals surface area contributed by atoms with Crippen molar-refractivity contribution >= 4 is 65.2 Å². The van der Waals surface area contributed by atoms with Crippen LogP contribution in [-0.4, -0.2) is 9.97 Å². The van der Waals surface area contributed by atoms with Crippen molar-refractivity contribution < 1.29 is 4.42 Å². The summed E-state index contributed by atoms with van der Waals surface area (Å²) in [4.78, 5) is 10.4. The third-order valence-electron chi connectivity index (χ3n) is 10.6. The van der Waals surface area contributed by atoms with Crippen LogP contribution in [0.1, 0.15) is 0 Å². The highest BCUT2D eigenvalue weighted by Gasteiger charge is 2.20. The van der Waals surface area contributed by atoms with E-state index in [1.165, 1.54) is 43.4 Å². The number of hydrogen-bond donors (Lipinski definition) is 0. The maximum atomic E-state index is 6.53. The minimum absolute atomic E-state index is 0.665. The Kier molecular flexibility index (Phi) is 6.55. The summed E-state index contributed by atoms with van der Waals surface area (Å²) < 4.78 is 6.53. The largest absolute Gasteiger partial charge is 0.452 e. The number of aromatic nitrogens is 2. The van der Waals surface area contributed by atoms with Gasteiger partial charge in [0.25, 0.3) is 0 Å². The van der Waals surface area contributed by atoms with Gasteiger partial charge in [-0.05, 0) is 89.6 Å². The molecule has 0 aliphatic rings. The molecule has 0 aliphatic carbocycles.